The van der Waals surface area contributed by atoms with Gasteiger partial charge in [-0.05, 0) is 0 Å². The lowest BCUT2D eigenvalue weighted by Crippen LogP contribution is -2.29. The molecule has 0 saturated heterocycles. The number of alkyl halides is 3. The van der Waals surface area contributed by atoms with Crippen molar-refractivity contribution in [3.05, 3.63) is 17.0 Å². The Morgan fingerprint density at radius 2 is 2.06 bits per heavy atom. The molecule has 0 radical (unpaired) electrons. The summed E-state index contributed by atoms with van der Waals surface area (Å²) in [6, 6.07) is 0. The Labute approximate surface area is 90.3 Å². The second-order valence-electron chi connectivity index (χ2n) is 3.50. The predicted octanol–water partition coefficient (Wildman–Crippen LogP) is 1.18. The van der Waals surface area contributed by atoms with E-state index >= 15 is 0 Å². The number of anilines is 1. The number of nitrogens with one attached hydrogen (secondary N) is 2. The van der Waals surface area contributed by atoms with E-state index in [1.165, 1.54) is 7.05 Å². The molecule has 0 unspecified atom stereocenters. The average molecular weight is 232 g/mol. The van der Waals surface area contributed by atoms with E-state index in [1.54, 1.807) is 0 Å². The van der Waals surface area contributed by atoms with E-state index in [9.17, 15) is 13.2 Å². The largest absolute Gasteiger partial charge is 0.433 e. The summed E-state index contributed by atoms with van der Waals surface area (Å²) in [5.74, 6) is 0.0213. The lowest BCUT2D eigenvalue weighted by atomic mass is 10.1. The van der Waals surface area contributed by atoms with Gasteiger partial charge in [-0.15, -0.1) is 0 Å². The van der Waals surface area contributed by atoms with Gasteiger partial charge in [0.1, 0.15) is 0 Å². The van der Waals surface area contributed by atoms with E-state index in [0.717, 1.165) is 0 Å². The Hall–Kier alpha value is -1.37. The van der Waals surface area contributed by atoms with Gasteiger partial charge in [-0.2, -0.15) is 13.2 Å². The molecule has 0 atom stereocenters. The molecule has 1 aromatic heterocycles. The predicted molar refractivity (Wildman–Crippen MR) is 52.0 cm³/mol. The van der Waals surface area contributed by atoms with Crippen molar-refractivity contribution in [3.63, 3.8) is 0 Å². The highest BCUT2D eigenvalue weighted by molar-refractivity contribution is 5.37. The minimum Gasteiger partial charge on any atom is -0.357 e. The van der Waals surface area contributed by atoms with Gasteiger partial charge in [0.2, 0.25) is 5.95 Å². The fourth-order valence-electron chi connectivity index (χ4n) is 1.69. The first kappa shape index (κ1) is 11.1. The molecule has 0 bridgehead atoms. The van der Waals surface area contributed by atoms with Gasteiger partial charge in [-0.3, -0.25) is 0 Å². The number of aromatic nitrogens is 2. The molecule has 0 aliphatic carbocycles. The summed E-state index contributed by atoms with van der Waals surface area (Å²) in [5.41, 5.74) is -0.197. The van der Waals surface area contributed by atoms with Crippen LogP contribution in [0, 0.1) is 0 Å². The molecule has 88 valence electrons. The number of halogens is 3. The molecular formula is C9H11F3N4. The van der Waals surface area contributed by atoms with Gasteiger partial charge in [0, 0.05) is 32.1 Å². The molecule has 0 amide bonds. The highest BCUT2D eigenvalue weighted by Crippen LogP contribution is 2.33. The maximum atomic E-state index is 12.7. The van der Waals surface area contributed by atoms with Gasteiger partial charge in [0.15, 0.2) is 5.69 Å². The minimum atomic E-state index is -4.43. The summed E-state index contributed by atoms with van der Waals surface area (Å²) in [6.45, 7) is 0.818. The van der Waals surface area contributed by atoms with Crippen LogP contribution in [0.1, 0.15) is 17.0 Å². The van der Waals surface area contributed by atoms with Crippen molar-refractivity contribution in [2.75, 3.05) is 18.9 Å². The van der Waals surface area contributed by atoms with Crippen LogP contribution in [0.3, 0.4) is 0 Å². The van der Waals surface area contributed by atoms with Crippen molar-refractivity contribution >= 4 is 5.95 Å². The molecule has 1 aliphatic heterocycles. The number of hydrogen-bond acceptors (Lipinski definition) is 4. The van der Waals surface area contributed by atoms with Gasteiger partial charge < -0.3 is 10.6 Å². The van der Waals surface area contributed by atoms with Gasteiger partial charge in [0.05, 0.1) is 5.69 Å². The third-order valence-electron chi connectivity index (χ3n) is 2.43. The number of fused-ring (bicyclic) bond motifs is 1. The van der Waals surface area contributed by atoms with Crippen LogP contribution in [-0.4, -0.2) is 23.6 Å². The molecule has 2 heterocycles. The second-order valence-corrected chi connectivity index (χ2v) is 3.50. The van der Waals surface area contributed by atoms with Crippen molar-refractivity contribution in [2.45, 2.75) is 19.1 Å². The standard InChI is InChI=1S/C9H11F3N4/c1-13-8-15-6-2-3-14-4-5(6)7(16-8)9(10,11)12/h14H,2-4H2,1H3,(H,13,15,16). The Bertz CT molecular complexity index is 402. The van der Waals surface area contributed by atoms with Crippen LogP contribution in [0.4, 0.5) is 19.1 Å². The smallest absolute Gasteiger partial charge is 0.357 e. The first-order valence-corrected chi connectivity index (χ1v) is 4.88. The van der Waals surface area contributed by atoms with Crippen LogP contribution >= 0.6 is 0 Å². The monoisotopic (exact) mass is 232 g/mol. The minimum absolute atomic E-state index is 0.0213. The van der Waals surface area contributed by atoms with Crippen LogP contribution in [-0.2, 0) is 19.1 Å². The Morgan fingerprint density at radius 1 is 1.31 bits per heavy atom. The molecule has 4 nitrogen and oxygen atoms in total. The van der Waals surface area contributed by atoms with Crippen LogP contribution in [0.15, 0.2) is 0 Å². The second kappa shape index (κ2) is 3.89. The third-order valence-corrected chi connectivity index (χ3v) is 2.43. The summed E-state index contributed by atoms with van der Waals surface area (Å²) < 4.78 is 38.2. The molecular weight excluding hydrogens is 221 g/mol. The first-order chi connectivity index (χ1) is 7.52. The summed E-state index contributed by atoms with van der Waals surface area (Å²) in [4.78, 5) is 7.53. The zero-order chi connectivity index (χ0) is 11.8. The fourth-order valence-corrected chi connectivity index (χ4v) is 1.69. The van der Waals surface area contributed by atoms with Crippen molar-refractivity contribution in [3.8, 4) is 0 Å². The van der Waals surface area contributed by atoms with Crippen molar-refractivity contribution in [2.24, 2.45) is 0 Å². The topological polar surface area (TPSA) is 49.8 Å². The van der Waals surface area contributed by atoms with E-state index in [2.05, 4.69) is 20.6 Å². The fraction of sp³-hybridized carbons (Fsp3) is 0.556. The normalized spacial score (nSPS) is 15.8. The zero-order valence-electron chi connectivity index (χ0n) is 8.65. The van der Waals surface area contributed by atoms with Gasteiger partial charge in [-0.1, -0.05) is 0 Å². The maximum Gasteiger partial charge on any atom is 0.433 e. The zero-order valence-corrected chi connectivity index (χ0v) is 8.65. The van der Waals surface area contributed by atoms with E-state index in [0.29, 0.717) is 18.7 Å². The molecule has 2 N–H and O–H groups in total. The molecule has 16 heavy (non-hydrogen) atoms. The van der Waals surface area contributed by atoms with Crippen molar-refractivity contribution in [1.82, 2.24) is 15.3 Å². The summed E-state index contributed by atoms with van der Waals surface area (Å²) in [6.07, 6.45) is -3.94. The van der Waals surface area contributed by atoms with Crippen LogP contribution in [0.25, 0.3) is 0 Å². The Morgan fingerprint density at radius 3 is 2.69 bits per heavy atom. The molecule has 2 rings (SSSR count). The third kappa shape index (κ3) is 1.95. The van der Waals surface area contributed by atoms with Gasteiger partial charge in [0.25, 0.3) is 0 Å². The van der Waals surface area contributed by atoms with Crippen LogP contribution in [0.2, 0.25) is 0 Å². The number of rotatable bonds is 1. The number of hydrogen-bond donors (Lipinski definition) is 2. The molecule has 0 aromatic carbocycles. The first-order valence-electron chi connectivity index (χ1n) is 4.88. The van der Waals surface area contributed by atoms with Crippen LogP contribution in [0.5, 0.6) is 0 Å². The molecule has 1 aromatic rings. The lowest BCUT2D eigenvalue weighted by Gasteiger charge is -2.20. The summed E-state index contributed by atoms with van der Waals surface area (Å²) in [7, 11) is 1.50. The molecule has 0 fully saturated rings. The summed E-state index contributed by atoms with van der Waals surface area (Å²) in [5, 5.41) is 5.44. The van der Waals surface area contributed by atoms with Crippen molar-refractivity contribution < 1.29 is 13.2 Å². The van der Waals surface area contributed by atoms with Crippen LogP contribution < -0.4 is 10.6 Å². The van der Waals surface area contributed by atoms with Crippen molar-refractivity contribution in [1.29, 1.82) is 0 Å². The van der Waals surface area contributed by atoms with E-state index < -0.39 is 11.9 Å². The number of nitrogens with zero attached hydrogens (tertiary/aromatic N) is 2. The van der Waals surface area contributed by atoms with E-state index in [1.807, 2.05) is 0 Å². The Balaban J connectivity index is 2.56. The van der Waals surface area contributed by atoms with Gasteiger partial charge >= 0.3 is 6.18 Å². The van der Waals surface area contributed by atoms with E-state index in [-0.39, 0.29) is 18.1 Å². The quantitative estimate of drug-likeness (QED) is 0.763. The van der Waals surface area contributed by atoms with E-state index in [4.69, 9.17) is 0 Å². The molecule has 7 heteroatoms. The summed E-state index contributed by atoms with van der Waals surface area (Å²) >= 11 is 0. The Kier molecular flexibility index (Phi) is 2.71. The molecule has 1 aliphatic rings. The molecule has 0 spiro atoms. The highest BCUT2D eigenvalue weighted by atomic mass is 19.4. The lowest BCUT2D eigenvalue weighted by molar-refractivity contribution is -0.142. The molecule has 0 saturated carbocycles. The maximum absolute atomic E-state index is 12.7. The SMILES string of the molecule is CNc1nc2c(c(C(F)(F)F)n1)CNCC2. The highest BCUT2D eigenvalue weighted by Gasteiger charge is 2.37. The van der Waals surface area contributed by atoms with Gasteiger partial charge in [-0.25, -0.2) is 9.97 Å². The average Bonchev–Trinajstić information content (AvgIpc) is 2.26.